The highest BCUT2D eigenvalue weighted by Gasteiger charge is 2.26. The number of carbonyl (C=O) groups excluding carboxylic acids is 1. The van der Waals surface area contributed by atoms with Gasteiger partial charge in [-0.15, -0.1) is 11.3 Å². The first-order valence-electron chi connectivity index (χ1n) is 8.13. The van der Waals surface area contributed by atoms with Crippen LogP contribution in [0.15, 0.2) is 0 Å². The van der Waals surface area contributed by atoms with E-state index in [0.29, 0.717) is 22.5 Å². The molecule has 1 aliphatic heterocycles. The summed E-state index contributed by atoms with van der Waals surface area (Å²) in [5.74, 6) is 0.974. The Morgan fingerprint density at radius 3 is 2.52 bits per heavy atom. The molecule has 4 nitrogen and oxygen atoms in total. The van der Waals surface area contributed by atoms with Gasteiger partial charge in [0.05, 0.1) is 12.7 Å². The normalized spacial score (nSPS) is 21.2. The van der Waals surface area contributed by atoms with Gasteiger partial charge in [0.2, 0.25) is 0 Å². The second-order valence-corrected chi connectivity index (χ2v) is 8.08. The Kier molecular flexibility index (Phi) is 6.03. The number of piperidine rings is 1. The van der Waals surface area contributed by atoms with Crippen molar-refractivity contribution in [1.82, 2.24) is 4.90 Å². The summed E-state index contributed by atoms with van der Waals surface area (Å²) in [5, 5.41) is 4.82. The van der Waals surface area contributed by atoms with Crippen LogP contribution in [0.4, 0.5) is 5.00 Å². The van der Waals surface area contributed by atoms with Gasteiger partial charge >= 0.3 is 5.97 Å². The number of methoxy groups -OCH3 is 1. The van der Waals surface area contributed by atoms with Crippen molar-refractivity contribution in [3.05, 3.63) is 16.0 Å². The number of hydrogen-bond donors (Lipinski definition) is 1. The van der Waals surface area contributed by atoms with E-state index in [1.807, 2.05) is 6.92 Å². The van der Waals surface area contributed by atoms with Gasteiger partial charge < -0.3 is 15.0 Å². The van der Waals surface area contributed by atoms with Gasteiger partial charge in [0.25, 0.3) is 0 Å². The lowest BCUT2D eigenvalue weighted by Crippen LogP contribution is -2.44. The van der Waals surface area contributed by atoms with Gasteiger partial charge in [-0.05, 0) is 49.4 Å². The van der Waals surface area contributed by atoms with Crippen LogP contribution in [0.25, 0.3) is 0 Å². The molecular formula is C17H26N2O2S2. The highest BCUT2D eigenvalue weighted by Crippen LogP contribution is 2.34. The molecule has 1 fully saturated rings. The quantitative estimate of drug-likeness (QED) is 0.654. The van der Waals surface area contributed by atoms with Gasteiger partial charge in [-0.1, -0.05) is 20.8 Å². The van der Waals surface area contributed by atoms with Crippen LogP contribution in [-0.2, 0) is 11.2 Å². The van der Waals surface area contributed by atoms with E-state index in [4.69, 9.17) is 17.0 Å². The Morgan fingerprint density at radius 2 is 2.00 bits per heavy atom. The van der Waals surface area contributed by atoms with Gasteiger partial charge in [0, 0.05) is 18.0 Å². The number of carbonyl (C=O) groups is 1. The molecule has 1 aromatic heterocycles. The molecule has 1 N–H and O–H groups in total. The summed E-state index contributed by atoms with van der Waals surface area (Å²) in [4.78, 5) is 15.5. The third kappa shape index (κ3) is 4.04. The molecule has 2 heterocycles. The van der Waals surface area contributed by atoms with Crippen molar-refractivity contribution in [2.24, 2.45) is 11.8 Å². The number of anilines is 1. The number of aryl methyl sites for hydroxylation is 1. The molecule has 1 aliphatic rings. The number of thiophene rings is 1. The minimum absolute atomic E-state index is 0.295. The van der Waals surface area contributed by atoms with E-state index in [9.17, 15) is 4.79 Å². The molecule has 1 aromatic rings. The summed E-state index contributed by atoms with van der Waals surface area (Å²) in [6.45, 7) is 10.5. The van der Waals surface area contributed by atoms with Crippen LogP contribution in [0.3, 0.4) is 0 Å². The number of hydrogen-bond acceptors (Lipinski definition) is 4. The maximum absolute atomic E-state index is 12.2. The Morgan fingerprint density at radius 1 is 1.39 bits per heavy atom. The van der Waals surface area contributed by atoms with E-state index < -0.39 is 0 Å². The summed E-state index contributed by atoms with van der Waals surface area (Å²) in [6.07, 6.45) is 2.05. The molecule has 0 radical (unpaired) electrons. The van der Waals surface area contributed by atoms with Crippen LogP contribution < -0.4 is 5.32 Å². The number of ether oxygens (including phenoxy) is 1. The predicted octanol–water partition coefficient (Wildman–Crippen LogP) is 4.08. The molecule has 128 valence electrons. The van der Waals surface area contributed by atoms with Crippen molar-refractivity contribution in [3.63, 3.8) is 0 Å². The number of thiocarbonyl (C=S) groups is 1. The second-order valence-electron chi connectivity index (χ2n) is 6.47. The van der Waals surface area contributed by atoms with E-state index >= 15 is 0 Å². The molecule has 0 bridgehead atoms. The molecule has 0 spiro atoms. The Balaban J connectivity index is 2.22. The average Bonchev–Trinajstić information content (AvgIpc) is 2.80. The van der Waals surface area contributed by atoms with Crippen molar-refractivity contribution in [2.45, 2.75) is 40.5 Å². The van der Waals surface area contributed by atoms with Gasteiger partial charge in [0.15, 0.2) is 5.11 Å². The van der Waals surface area contributed by atoms with Crippen LogP contribution in [0.2, 0.25) is 0 Å². The van der Waals surface area contributed by atoms with Crippen LogP contribution in [0.1, 0.15) is 48.0 Å². The summed E-state index contributed by atoms with van der Waals surface area (Å²) >= 11 is 7.18. The van der Waals surface area contributed by atoms with Crippen LogP contribution >= 0.6 is 23.6 Å². The fourth-order valence-electron chi connectivity index (χ4n) is 3.42. The highest BCUT2D eigenvalue weighted by molar-refractivity contribution is 7.80. The molecule has 2 unspecified atom stereocenters. The van der Waals surface area contributed by atoms with E-state index in [-0.39, 0.29) is 5.97 Å². The van der Waals surface area contributed by atoms with Crippen LogP contribution in [-0.4, -0.2) is 36.2 Å². The smallest absolute Gasteiger partial charge is 0.341 e. The Labute approximate surface area is 148 Å². The SMILES string of the molecule is CCc1c(C)sc(NC(=S)N2CC(C)CC(C)C2)c1C(=O)OC. The molecule has 0 saturated carbocycles. The zero-order chi connectivity index (χ0) is 17.1. The molecule has 2 atom stereocenters. The monoisotopic (exact) mass is 354 g/mol. The first-order valence-corrected chi connectivity index (χ1v) is 9.36. The molecule has 6 heteroatoms. The fraction of sp³-hybridized carbons (Fsp3) is 0.647. The molecule has 1 saturated heterocycles. The van der Waals surface area contributed by atoms with E-state index in [2.05, 4.69) is 31.0 Å². The molecule has 0 aliphatic carbocycles. The van der Waals surface area contributed by atoms with Crippen molar-refractivity contribution < 1.29 is 9.53 Å². The number of likely N-dealkylation sites (tertiary alicyclic amines) is 1. The fourth-order valence-corrected chi connectivity index (χ4v) is 4.86. The van der Waals surface area contributed by atoms with Gasteiger partial charge in [-0.25, -0.2) is 4.79 Å². The third-order valence-electron chi connectivity index (χ3n) is 4.33. The molecule has 2 rings (SSSR count). The van der Waals surface area contributed by atoms with E-state index in [1.54, 1.807) is 11.3 Å². The van der Waals surface area contributed by atoms with Crippen molar-refractivity contribution >= 4 is 39.6 Å². The van der Waals surface area contributed by atoms with Gasteiger partial charge in [-0.3, -0.25) is 0 Å². The minimum Gasteiger partial charge on any atom is -0.465 e. The predicted molar refractivity (Wildman–Crippen MR) is 101 cm³/mol. The number of nitrogens with zero attached hydrogens (tertiary/aromatic N) is 1. The lowest BCUT2D eigenvalue weighted by molar-refractivity contribution is 0.0601. The highest BCUT2D eigenvalue weighted by atomic mass is 32.1. The maximum Gasteiger partial charge on any atom is 0.341 e. The Bertz CT molecular complexity index is 588. The van der Waals surface area contributed by atoms with Gasteiger partial charge in [-0.2, -0.15) is 0 Å². The van der Waals surface area contributed by atoms with E-state index in [0.717, 1.165) is 35.0 Å². The molecule has 23 heavy (non-hydrogen) atoms. The standard InChI is InChI=1S/C17H26N2O2S2/c1-6-13-12(4)23-15(14(13)16(20)21-5)18-17(22)19-8-10(2)7-11(3)9-19/h10-11H,6-9H2,1-5H3,(H,18,22). The first-order chi connectivity index (χ1) is 10.9. The van der Waals surface area contributed by atoms with Gasteiger partial charge in [0.1, 0.15) is 5.00 Å². The number of nitrogens with one attached hydrogen (secondary N) is 1. The zero-order valence-corrected chi connectivity index (χ0v) is 16.2. The molecular weight excluding hydrogens is 328 g/mol. The summed E-state index contributed by atoms with van der Waals surface area (Å²) in [5.41, 5.74) is 1.69. The van der Waals surface area contributed by atoms with Crippen LogP contribution in [0, 0.1) is 18.8 Å². The molecule has 0 amide bonds. The topological polar surface area (TPSA) is 41.6 Å². The average molecular weight is 355 g/mol. The largest absolute Gasteiger partial charge is 0.465 e. The minimum atomic E-state index is -0.295. The van der Waals surface area contributed by atoms with E-state index in [1.165, 1.54) is 13.5 Å². The lowest BCUT2D eigenvalue weighted by Gasteiger charge is -2.36. The van der Waals surface area contributed by atoms with Crippen molar-refractivity contribution in [1.29, 1.82) is 0 Å². The van der Waals surface area contributed by atoms with Crippen LogP contribution in [0.5, 0.6) is 0 Å². The lowest BCUT2D eigenvalue weighted by atomic mass is 9.92. The maximum atomic E-state index is 12.2. The molecule has 0 aromatic carbocycles. The summed E-state index contributed by atoms with van der Waals surface area (Å²) in [6, 6.07) is 0. The summed E-state index contributed by atoms with van der Waals surface area (Å²) in [7, 11) is 1.42. The summed E-state index contributed by atoms with van der Waals surface area (Å²) < 4.78 is 4.96. The second kappa shape index (κ2) is 7.62. The van der Waals surface area contributed by atoms with Crippen molar-refractivity contribution in [2.75, 3.05) is 25.5 Å². The number of rotatable bonds is 3. The van der Waals surface area contributed by atoms with Crippen molar-refractivity contribution in [3.8, 4) is 0 Å². The number of esters is 1. The third-order valence-corrected chi connectivity index (χ3v) is 5.75. The zero-order valence-electron chi connectivity index (χ0n) is 14.6. The first kappa shape index (κ1) is 18.2. The Hall–Kier alpha value is -1.14.